The zero-order valence-corrected chi connectivity index (χ0v) is 24.1. The second kappa shape index (κ2) is 17.9. The first kappa shape index (κ1) is 34.5. The van der Waals surface area contributed by atoms with E-state index in [1.807, 2.05) is 0 Å². The maximum atomic E-state index is 12.7. The SMILES string of the molecule is NC(=O)N(C(=O)CCCCCCCCCCCC(=O)N(C(N)=O)C(C(=O)O)c1ccccc1)C(C(=O)O)c1ccccc1. The molecule has 0 spiro atoms. The number of nitrogens with two attached hydrogens (primary N) is 2. The van der Waals surface area contributed by atoms with Crippen LogP contribution >= 0.6 is 0 Å². The number of rotatable bonds is 18. The van der Waals surface area contributed by atoms with Gasteiger partial charge in [0.05, 0.1) is 0 Å². The van der Waals surface area contributed by atoms with E-state index in [0.717, 1.165) is 44.9 Å². The van der Waals surface area contributed by atoms with Crippen LogP contribution in [-0.4, -0.2) is 55.8 Å². The highest BCUT2D eigenvalue weighted by molar-refractivity contribution is 5.99. The fourth-order valence-electron chi connectivity index (χ4n) is 4.89. The van der Waals surface area contributed by atoms with Gasteiger partial charge < -0.3 is 21.7 Å². The average molecular weight is 597 g/mol. The summed E-state index contributed by atoms with van der Waals surface area (Å²) < 4.78 is 0. The van der Waals surface area contributed by atoms with Crippen molar-refractivity contribution in [1.82, 2.24) is 9.80 Å². The predicted octanol–water partition coefficient (Wildman–Crippen LogP) is 4.74. The number of hydrogen-bond donors (Lipinski definition) is 4. The molecule has 6 amide bonds. The number of carboxylic acid groups (broad SMARTS) is 2. The van der Waals surface area contributed by atoms with Crippen molar-refractivity contribution in [3.63, 3.8) is 0 Å². The second-order valence-corrected chi connectivity index (χ2v) is 10.2. The van der Waals surface area contributed by atoms with Crippen LogP contribution in [-0.2, 0) is 19.2 Å². The maximum Gasteiger partial charge on any atom is 0.331 e. The van der Waals surface area contributed by atoms with Crippen LogP contribution in [0.15, 0.2) is 60.7 Å². The summed E-state index contributed by atoms with van der Waals surface area (Å²) in [5.74, 6) is -3.95. The van der Waals surface area contributed by atoms with Gasteiger partial charge in [-0.25, -0.2) is 29.0 Å². The fourth-order valence-corrected chi connectivity index (χ4v) is 4.89. The molecule has 43 heavy (non-hydrogen) atoms. The van der Waals surface area contributed by atoms with Crippen molar-refractivity contribution >= 4 is 35.8 Å². The minimum atomic E-state index is -1.48. The van der Waals surface area contributed by atoms with E-state index in [2.05, 4.69) is 0 Å². The molecular formula is C31H40N4O8. The van der Waals surface area contributed by atoms with Gasteiger partial charge in [-0.1, -0.05) is 106 Å². The number of carbonyl (C=O) groups is 6. The molecule has 0 saturated carbocycles. The number of hydrogen-bond acceptors (Lipinski definition) is 6. The molecule has 0 radical (unpaired) electrons. The van der Waals surface area contributed by atoms with Gasteiger partial charge in [0.15, 0.2) is 12.1 Å². The molecule has 0 aliphatic heterocycles. The summed E-state index contributed by atoms with van der Waals surface area (Å²) in [6, 6.07) is 10.8. The monoisotopic (exact) mass is 596 g/mol. The van der Waals surface area contributed by atoms with Crippen LogP contribution in [0.2, 0.25) is 0 Å². The van der Waals surface area contributed by atoms with Crippen LogP contribution in [0.25, 0.3) is 0 Å². The van der Waals surface area contributed by atoms with E-state index in [0.29, 0.717) is 22.6 Å². The number of urea groups is 2. The number of nitrogens with zero attached hydrogens (tertiary/aromatic N) is 2. The molecule has 0 heterocycles. The normalized spacial score (nSPS) is 12.1. The third-order valence-corrected chi connectivity index (χ3v) is 7.01. The summed E-state index contributed by atoms with van der Waals surface area (Å²) in [4.78, 5) is 74.2. The Kier molecular flexibility index (Phi) is 14.4. The van der Waals surface area contributed by atoms with Gasteiger partial charge in [0.1, 0.15) is 0 Å². The summed E-state index contributed by atoms with van der Waals surface area (Å²) in [6.45, 7) is 0. The molecule has 12 heteroatoms. The quantitative estimate of drug-likeness (QED) is 0.177. The Morgan fingerprint density at radius 1 is 0.512 bits per heavy atom. The minimum Gasteiger partial charge on any atom is -0.479 e. The van der Waals surface area contributed by atoms with Gasteiger partial charge in [-0.05, 0) is 24.0 Å². The second-order valence-electron chi connectivity index (χ2n) is 10.2. The molecule has 2 aromatic rings. The fraction of sp³-hybridized carbons (Fsp3) is 0.419. The number of amides is 6. The molecule has 2 atom stereocenters. The molecular weight excluding hydrogens is 556 g/mol. The standard InChI is InChI=1S/C31H40N4O8/c32-30(42)34(26(28(38)39)22-16-10-8-11-17-22)24(36)20-14-6-4-2-1-3-5-7-15-21-25(37)35(31(33)43)27(29(40)41)23-18-12-9-13-19-23/h8-13,16-19,26-27H,1-7,14-15,20-21H2,(H2,32,42)(H2,33,43)(H,38,39)(H,40,41). The number of carbonyl (C=O) groups excluding carboxylic acids is 4. The van der Waals surface area contributed by atoms with Crippen molar-refractivity contribution in [2.24, 2.45) is 11.5 Å². The van der Waals surface area contributed by atoms with Gasteiger partial charge in [-0.2, -0.15) is 0 Å². The van der Waals surface area contributed by atoms with Crippen LogP contribution in [0, 0.1) is 0 Å². The van der Waals surface area contributed by atoms with Crippen LogP contribution < -0.4 is 11.5 Å². The van der Waals surface area contributed by atoms with Crippen molar-refractivity contribution in [2.45, 2.75) is 82.7 Å². The van der Waals surface area contributed by atoms with Crippen LogP contribution in [0.5, 0.6) is 0 Å². The van der Waals surface area contributed by atoms with Crippen molar-refractivity contribution in [3.05, 3.63) is 71.8 Å². The summed E-state index contributed by atoms with van der Waals surface area (Å²) >= 11 is 0. The molecule has 6 N–H and O–H groups in total. The summed E-state index contributed by atoms with van der Waals surface area (Å²) in [5, 5.41) is 19.3. The molecule has 0 aromatic heterocycles. The molecule has 0 saturated heterocycles. The largest absolute Gasteiger partial charge is 0.479 e. The molecule has 12 nitrogen and oxygen atoms in total. The molecule has 2 rings (SSSR count). The molecule has 2 aromatic carbocycles. The Bertz CT molecular complexity index is 1140. The van der Waals surface area contributed by atoms with Crippen molar-refractivity contribution in [1.29, 1.82) is 0 Å². The van der Waals surface area contributed by atoms with Crippen molar-refractivity contribution in [3.8, 4) is 0 Å². The number of unbranched alkanes of at least 4 members (excludes halogenated alkanes) is 8. The Labute approximate surface area is 250 Å². The highest BCUT2D eigenvalue weighted by atomic mass is 16.4. The first-order chi connectivity index (χ1) is 20.6. The summed E-state index contributed by atoms with van der Waals surface area (Å²) in [5.41, 5.74) is 11.3. The zero-order chi connectivity index (χ0) is 31.8. The van der Waals surface area contributed by atoms with Crippen LogP contribution in [0.1, 0.15) is 93.8 Å². The lowest BCUT2D eigenvalue weighted by molar-refractivity contribution is -0.148. The number of carboxylic acids is 2. The Balaban J connectivity index is 1.67. The Morgan fingerprint density at radius 2 is 0.791 bits per heavy atom. The van der Waals surface area contributed by atoms with Gasteiger partial charge >= 0.3 is 24.0 Å². The van der Waals surface area contributed by atoms with E-state index in [1.165, 1.54) is 24.3 Å². The van der Waals surface area contributed by atoms with E-state index >= 15 is 0 Å². The Morgan fingerprint density at radius 3 is 1.05 bits per heavy atom. The molecule has 2 unspecified atom stereocenters. The lowest BCUT2D eigenvalue weighted by Gasteiger charge is -2.26. The summed E-state index contributed by atoms with van der Waals surface area (Å²) in [6.07, 6.45) is 6.92. The third kappa shape index (κ3) is 10.9. The molecule has 0 bridgehead atoms. The number of imide groups is 2. The first-order valence-corrected chi connectivity index (χ1v) is 14.3. The minimum absolute atomic E-state index is 0.00289. The van der Waals surface area contributed by atoms with Crippen LogP contribution in [0.3, 0.4) is 0 Å². The van der Waals surface area contributed by atoms with E-state index in [1.54, 1.807) is 36.4 Å². The van der Waals surface area contributed by atoms with Gasteiger partial charge in [0, 0.05) is 12.8 Å². The molecule has 0 aliphatic rings. The van der Waals surface area contributed by atoms with Crippen molar-refractivity contribution in [2.75, 3.05) is 0 Å². The van der Waals surface area contributed by atoms with Gasteiger partial charge in [0.25, 0.3) is 0 Å². The maximum absolute atomic E-state index is 12.7. The number of aliphatic carboxylic acids is 2. The molecule has 0 fully saturated rings. The highest BCUT2D eigenvalue weighted by Crippen LogP contribution is 2.24. The molecule has 0 aliphatic carbocycles. The van der Waals surface area contributed by atoms with Crippen molar-refractivity contribution < 1.29 is 39.0 Å². The smallest absolute Gasteiger partial charge is 0.331 e. The number of benzene rings is 2. The van der Waals surface area contributed by atoms with E-state index in [4.69, 9.17) is 11.5 Å². The Hall–Kier alpha value is -4.74. The topological polar surface area (TPSA) is 201 Å². The molecule has 232 valence electrons. The van der Waals surface area contributed by atoms with Gasteiger partial charge in [-0.15, -0.1) is 0 Å². The lowest BCUT2D eigenvalue weighted by atomic mass is 10.0. The number of primary amides is 2. The van der Waals surface area contributed by atoms with Gasteiger partial charge in [0.2, 0.25) is 11.8 Å². The van der Waals surface area contributed by atoms with E-state index in [-0.39, 0.29) is 24.0 Å². The van der Waals surface area contributed by atoms with Crippen LogP contribution in [0.4, 0.5) is 9.59 Å². The van der Waals surface area contributed by atoms with E-state index in [9.17, 15) is 39.0 Å². The highest BCUT2D eigenvalue weighted by Gasteiger charge is 2.35. The first-order valence-electron chi connectivity index (χ1n) is 14.3. The summed E-state index contributed by atoms with van der Waals surface area (Å²) in [7, 11) is 0. The average Bonchev–Trinajstić information content (AvgIpc) is 2.97. The van der Waals surface area contributed by atoms with E-state index < -0.39 is 47.9 Å². The van der Waals surface area contributed by atoms with Gasteiger partial charge in [-0.3, -0.25) is 9.59 Å². The lowest BCUT2D eigenvalue weighted by Crippen LogP contribution is -2.46. The predicted molar refractivity (Wildman–Crippen MR) is 157 cm³/mol. The third-order valence-electron chi connectivity index (χ3n) is 7.01. The zero-order valence-electron chi connectivity index (χ0n) is 24.1.